The maximum Gasteiger partial charge on any atom is 0.279 e. The predicted octanol–water partition coefficient (Wildman–Crippen LogP) is 6.08. The van der Waals surface area contributed by atoms with Crippen molar-refractivity contribution in [3.8, 4) is 5.75 Å². The summed E-state index contributed by atoms with van der Waals surface area (Å²) in [4.78, 5) is 26.9. The number of carbonyl (C=O) groups is 2. The van der Waals surface area contributed by atoms with E-state index in [1.54, 1.807) is 36.4 Å². The van der Waals surface area contributed by atoms with Crippen molar-refractivity contribution in [1.29, 1.82) is 0 Å². The van der Waals surface area contributed by atoms with E-state index in [-0.39, 0.29) is 17.3 Å². The van der Waals surface area contributed by atoms with Crippen molar-refractivity contribution in [1.82, 2.24) is 0 Å². The van der Waals surface area contributed by atoms with Gasteiger partial charge in [-0.15, -0.1) is 0 Å². The van der Waals surface area contributed by atoms with Crippen LogP contribution in [0.15, 0.2) is 78.1 Å². The molecule has 0 spiro atoms. The van der Waals surface area contributed by atoms with Gasteiger partial charge in [0.15, 0.2) is 11.5 Å². The Bertz CT molecular complexity index is 1330. The Balaban J connectivity index is 1.65. The fourth-order valence-corrected chi connectivity index (χ4v) is 5.28. The minimum Gasteiger partial charge on any atom is -0.446 e. The van der Waals surface area contributed by atoms with Crippen LogP contribution in [0, 0.1) is 0 Å². The molecule has 2 bridgehead atoms. The lowest BCUT2D eigenvalue weighted by molar-refractivity contribution is -0.185. The highest BCUT2D eigenvalue weighted by Crippen LogP contribution is 2.57. The molecule has 0 N–H and O–H groups in total. The number of benzene rings is 3. The highest BCUT2D eigenvalue weighted by Gasteiger charge is 2.55. The van der Waals surface area contributed by atoms with Gasteiger partial charge < -0.3 is 9.47 Å². The number of hydrogen-bond donors (Lipinski definition) is 0. The molecule has 152 valence electrons. The van der Waals surface area contributed by atoms with E-state index < -0.39 is 11.7 Å². The molecule has 6 heteroatoms. The van der Waals surface area contributed by atoms with Gasteiger partial charge in [0.2, 0.25) is 5.78 Å². The van der Waals surface area contributed by atoms with Gasteiger partial charge in [-0.05, 0) is 12.1 Å². The number of carbonyl (C=O) groups excluding carboxylic acids is 2. The van der Waals surface area contributed by atoms with E-state index in [0.717, 1.165) is 5.56 Å². The van der Waals surface area contributed by atoms with Crippen molar-refractivity contribution >= 4 is 34.8 Å². The van der Waals surface area contributed by atoms with E-state index in [1.165, 1.54) is 0 Å². The number of Topliss-reactive ketones (excluding diaryl/α,β-unsaturated/α-hetero) is 2. The van der Waals surface area contributed by atoms with Gasteiger partial charge in [-0.2, -0.15) is 0 Å². The van der Waals surface area contributed by atoms with E-state index in [9.17, 15) is 9.59 Å². The van der Waals surface area contributed by atoms with Gasteiger partial charge in [0.05, 0.1) is 10.6 Å². The molecule has 3 aromatic rings. The van der Waals surface area contributed by atoms with Gasteiger partial charge in [0.1, 0.15) is 5.75 Å². The number of fused-ring (bicyclic) bond motifs is 6. The van der Waals surface area contributed by atoms with Gasteiger partial charge in [-0.25, -0.2) is 0 Å². The number of allylic oxidation sites excluding steroid dienone is 2. The molecule has 1 aliphatic carbocycles. The third kappa shape index (κ3) is 2.55. The summed E-state index contributed by atoms with van der Waals surface area (Å²) in [6.45, 7) is 0. The Kier molecular flexibility index (Phi) is 3.89. The van der Waals surface area contributed by atoms with Crippen LogP contribution in [0.5, 0.6) is 5.75 Å². The normalized spacial score (nSPS) is 23.4. The average molecular weight is 449 g/mol. The maximum atomic E-state index is 13.5. The molecular weight excluding hydrogens is 435 g/mol. The standard InChI is InChI=1S/C25H14Cl2O4/c26-14-10-17-18-12-25(13-6-2-1-3-7-13,30-23(17)19(27)11-14)31-24-20(18)21(28)15-8-4-5-9-16(15)22(24)29/h1-11,18H,12H2/t18-,25-/m0/s1. The third-order valence-electron chi connectivity index (χ3n) is 6.09. The Morgan fingerprint density at radius 1 is 0.839 bits per heavy atom. The fourth-order valence-electron chi connectivity index (χ4n) is 4.73. The van der Waals surface area contributed by atoms with Crippen molar-refractivity contribution in [3.05, 3.63) is 110 Å². The molecule has 0 fully saturated rings. The third-order valence-corrected chi connectivity index (χ3v) is 6.59. The molecule has 0 radical (unpaired) electrons. The summed E-state index contributed by atoms with van der Waals surface area (Å²) in [5.41, 5.74) is 2.46. The van der Waals surface area contributed by atoms with E-state index in [1.807, 2.05) is 30.3 Å². The minimum atomic E-state index is -1.28. The first-order chi connectivity index (χ1) is 15.0. The van der Waals surface area contributed by atoms with Gasteiger partial charge >= 0.3 is 0 Å². The zero-order valence-corrected chi connectivity index (χ0v) is 17.5. The van der Waals surface area contributed by atoms with Crippen molar-refractivity contribution in [2.24, 2.45) is 0 Å². The summed E-state index contributed by atoms with van der Waals surface area (Å²) < 4.78 is 12.7. The summed E-state index contributed by atoms with van der Waals surface area (Å²) in [5, 5.41) is 0.762. The van der Waals surface area contributed by atoms with Crippen LogP contribution in [0.3, 0.4) is 0 Å². The quantitative estimate of drug-likeness (QED) is 0.452. The summed E-state index contributed by atoms with van der Waals surface area (Å²) in [7, 11) is 0. The molecular formula is C25H14Cl2O4. The van der Waals surface area contributed by atoms with E-state index >= 15 is 0 Å². The topological polar surface area (TPSA) is 52.6 Å². The summed E-state index contributed by atoms with van der Waals surface area (Å²) in [5.74, 6) is -1.83. The van der Waals surface area contributed by atoms with Crippen molar-refractivity contribution in [3.63, 3.8) is 0 Å². The first-order valence-electron chi connectivity index (χ1n) is 9.83. The summed E-state index contributed by atoms with van der Waals surface area (Å²) in [6, 6.07) is 19.5. The molecule has 0 saturated carbocycles. The van der Waals surface area contributed by atoms with Gasteiger partial charge in [-0.3, -0.25) is 9.59 Å². The van der Waals surface area contributed by atoms with Crippen LogP contribution in [0.4, 0.5) is 0 Å². The average Bonchev–Trinajstić information content (AvgIpc) is 2.79. The smallest absolute Gasteiger partial charge is 0.279 e. The second-order valence-electron chi connectivity index (χ2n) is 7.83. The molecule has 3 aromatic carbocycles. The Labute approximate surface area is 188 Å². The minimum absolute atomic E-state index is 0.0329. The van der Waals surface area contributed by atoms with E-state index in [2.05, 4.69) is 0 Å². The number of halogens is 2. The largest absolute Gasteiger partial charge is 0.446 e. The first-order valence-corrected chi connectivity index (χ1v) is 10.6. The lowest BCUT2D eigenvalue weighted by Gasteiger charge is -2.47. The second-order valence-corrected chi connectivity index (χ2v) is 8.68. The SMILES string of the molecule is O=C1C2=C(C(=O)c3ccccc31)[C@H]1C[C@@](c3ccccc3)(O2)Oc2c(Cl)cc(Cl)cc21. The van der Waals surface area contributed by atoms with Crippen LogP contribution >= 0.6 is 23.2 Å². The van der Waals surface area contributed by atoms with Gasteiger partial charge in [0, 0.05) is 39.6 Å². The van der Waals surface area contributed by atoms with Gasteiger partial charge in [-0.1, -0.05) is 77.8 Å². The molecule has 0 unspecified atom stereocenters. The maximum absolute atomic E-state index is 13.5. The van der Waals surface area contributed by atoms with E-state index in [4.69, 9.17) is 32.7 Å². The highest BCUT2D eigenvalue weighted by atomic mass is 35.5. The van der Waals surface area contributed by atoms with Crippen LogP contribution in [0.1, 0.15) is 44.2 Å². The second kappa shape index (κ2) is 6.46. The van der Waals surface area contributed by atoms with Gasteiger partial charge in [0.25, 0.3) is 5.79 Å². The number of ketones is 2. The predicted molar refractivity (Wildman–Crippen MR) is 116 cm³/mol. The molecule has 2 atom stereocenters. The number of rotatable bonds is 1. The van der Waals surface area contributed by atoms with Crippen LogP contribution in [-0.4, -0.2) is 11.6 Å². The zero-order valence-electron chi connectivity index (χ0n) is 16.0. The molecule has 3 aliphatic rings. The fraction of sp³-hybridized carbons (Fsp3) is 0.120. The Morgan fingerprint density at radius 3 is 2.26 bits per heavy atom. The highest BCUT2D eigenvalue weighted by molar-refractivity contribution is 6.36. The molecule has 31 heavy (non-hydrogen) atoms. The molecule has 4 nitrogen and oxygen atoms in total. The Hall–Kier alpha value is -3.08. The van der Waals surface area contributed by atoms with Crippen LogP contribution in [0.2, 0.25) is 10.0 Å². The zero-order chi connectivity index (χ0) is 21.3. The van der Waals surface area contributed by atoms with Crippen LogP contribution in [-0.2, 0) is 10.5 Å². The first kappa shape index (κ1) is 18.7. The lowest BCUT2D eigenvalue weighted by Crippen LogP contribution is -2.47. The summed E-state index contributed by atoms with van der Waals surface area (Å²) in [6.07, 6.45) is 0.320. The molecule has 0 amide bonds. The molecule has 0 saturated heterocycles. The molecule has 2 aliphatic heterocycles. The van der Waals surface area contributed by atoms with Crippen molar-refractivity contribution in [2.45, 2.75) is 18.1 Å². The number of ether oxygens (including phenoxy) is 2. The monoisotopic (exact) mass is 448 g/mol. The molecule has 6 rings (SSSR count). The van der Waals surface area contributed by atoms with Crippen LogP contribution in [0.25, 0.3) is 0 Å². The molecule has 0 aromatic heterocycles. The lowest BCUT2D eigenvalue weighted by atomic mass is 9.72. The van der Waals surface area contributed by atoms with Crippen molar-refractivity contribution in [2.75, 3.05) is 0 Å². The number of hydrogen-bond acceptors (Lipinski definition) is 4. The molecule has 2 heterocycles. The Morgan fingerprint density at radius 2 is 1.52 bits per heavy atom. The summed E-state index contributed by atoms with van der Waals surface area (Å²) >= 11 is 12.8. The van der Waals surface area contributed by atoms with E-state index in [0.29, 0.717) is 44.5 Å². The van der Waals surface area contributed by atoms with Crippen LogP contribution < -0.4 is 4.74 Å². The van der Waals surface area contributed by atoms with Crippen molar-refractivity contribution < 1.29 is 19.1 Å².